The first-order valence-corrected chi connectivity index (χ1v) is 8.28. The lowest BCUT2D eigenvalue weighted by molar-refractivity contribution is 0.122. The van der Waals surface area contributed by atoms with Gasteiger partial charge in [-0.25, -0.2) is 4.39 Å². The van der Waals surface area contributed by atoms with Crippen LogP contribution in [0.15, 0.2) is 18.2 Å². The van der Waals surface area contributed by atoms with Gasteiger partial charge in [-0.15, -0.1) is 0 Å². The summed E-state index contributed by atoms with van der Waals surface area (Å²) >= 11 is 0. The lowest BCUT2D eigenvalue weighted by Gasteiger charge is -2.34. The Morgan fingerprint density at radius 3 is 2.71 bits per heavy atom. The molecule has 0 saturated carbocycles. The quantitative estimate of drug-likeness (QED) is 0.721. The monoisotopic (exact) mass is 293 g/mol. The van der Waals surface area contributed by atoms with E-state index in [2.05, 4.69) is 26.1 Å². The van der Waals surface area contributed by atoms with Crippen molar-refractivity contribution in [3.8, 4) is 5.75 Å². The van der Waals surface area contributed by atoms with E-state index in [4.69, 9.17) is 4.74 Å². The Bertz CT molecular complexity index is 457. The van der Waals surface area contributed by atoms with Gasteiger partial charge in [0.05, 0.1) is 0 Å². The number of fused-ring (bicyclic) bond motifs is 1. The molecule has 1 aliphatic rings. The van der Waals surface area contributed by atoms with Gasteiger partial charge in [0.15, 0.2) is 0 Å². The van der Waals surface area contributed by atoms with E-state index in [0.717, 1.165) is 56.5 Å². The fourth-order valence-electron chi connectivity index (χ4n) is 3.28. The molecule has 21 heavy (non-hydrogen) atoms. The number of ether oxygens (including phenoxy) is 1. The molecule has 3 heteroatoms. The zero-order chi connectivity index (χ0) is 15.3. The van der Waals surface area contributed by atoms with Crippen LogP contribution in [0, 0.1) is 11.2 Å². The lowest BCUT2D eigenvalue weighted by Crippen LogP contribution is -2.37. The molecule has 1 unspecified atom stereocenters. The average Bonchev–Trinajstić information content (AvgIpc) is 2.87. The second kappa shape index (κ2) is 7.26. The molecule has 1 atom stereocenters. The Hall–Kier alpha value is -1.09. The first-order valence-electron chi connectivity index (χ1n) is 8.28. The van der Waals surface area contributed by atoms with E-state index in [0.29, 0.717) is 0 Å². The van der Waals surface area contributed by atoms with Gasteiger partial charge in [-0.3, -0.25) is 0 Å². The summed E-state index contributed by atoms with van der Waals surface area (Å²) in [5.41, 5.74) is 1.29. The van der Waals surface area contributed by atoms with Gasteiger partial charge in [0.2, 0.25) is 0 Å². The molecule has 2 nitrogen and oxygen atoms in total. The zero-order valence-corrected chi connectivity index (χ0v) is 13.5. The van der Waals surface area contributed by atoms with Crippen LogP contribution in [0.5, 0.6) is 5.75 Å². The summed E-state index contributed by atoms with van der Waals surface area (Å²) in [6.45, 7) is 8.83. The maximum Gasteiger partial charge on any atom is 0.123 e. The summed E-state index contributed by atoms with van der Waals surface area (Å²) in [6.07, 6.45) is 5.50. The Morgan fingerprint density at radius 1 is 1.29 bits per heavy atom. The van der Waals surface area contributed by atoms with Gasteiger partial charge in [-0.1, -0.05) is 20.8 Å². The Labute approximate surface area is 128 Å². The molecule has 1 heterocycles. The summed E-state index contributed by atoms with van der Waals surface area (Å²) in [6, 6.07) is 4.86. The minimum absolute atomic E-state index is 0.167. The van der Waals surface area contributed by atoms with Gasteiger partial charge in [-0.05, 0) is 55.8 Å². The van der Waals surface area contributed by atoms with E-state index in [1.54, 1.807) is 12.1 Å². The van der Waals surface area contributed by atoms with Gasteiger partial charge in [-0.2, -0.15) is 0 Å². The second-order valence-electron chi connectivity index (χ2n) is 6.28. The van der Waals surface area contributed by atoms with Gasteiger partial charge in [0, 0.05) is 18.5 Å². The Kier molecular flexibility index (Phi) is 5.63. The van der Waals surface area contributed by atoms with E-state index in [1.165, 1.54) is 6.07 Å². The molecule has 118 valence electrons. The van der Waals surface area contributed by atoms with Crippen molar-refractivity contribution >= 4 is 0 Å². The molecule has 0 saturated heterocycles. The van der Waals surface area contributed by atoms with Gasteiger partial charge < -0.3 is 10.1 Å². The van der Waals surface area contributed by atoms with Crippen LogP contribution in [0.3, 0.4) is 0 Å². The highest BCUT2D eigenvalue weighted by molar-refractivity contribution is 5.37. The van der Waals surface area contributed by atoms with Crippen molar-refractivity contribution in [2.75, 3.05) is 13.1 Å². The van der Waals surface area contributed by atoms with E-state index in [9.17, 15) is 4.39 Å². The third-order valence-corrected chi connectivity index (χ3v) is 4.85. The molecular weight excluding hydrogens is 265 g/mol. The molecule has 0 aromatic heterocycles. The molecule has 0 bridgehead atoms. The second-order valence-corrected chi connectivity index (χ2v) is 6.28. The van der Waals surface area contributed by atoms with Crippen LogP contribution in [-0.2, 0) is 6.42 Å². The first-order chi connectivity index (χ1) is 10.1. The SMILES string of the molecule is CCCNCC(CC)(CC)CC1Cc2cc(F)ccc2O1. The third-order valence-electron chi connectivity index (χ3n) is 4.85. The number of nitrogens with one attached hydrogen (secondary N) is 1. The van der Waals surface area contributed by atoms with Gasteiger partial charge in [0.25, 0.3) is 0 Å². The zero-order valence-electron chi connectivity index (χ0n) is 13.5. The van der Waals surface area contributed by atoms with E-state index in [-0.39, 0.29) is 17.3 Å². The molecule has 0 spiro atoms. The van der Waals surface area contributed by atoms with Crippen molar-refractivity contribution in [2.45, 2.75) is 59.0 Å². The molecular formula is C18H28FNO. The molecule has 0 radical (unpaired) electrons. The third kappa shape index (κ3) is 3.97. The maximum absolute atomic E-state index is 13.3. The number of hydrogen-bond acceptors (Lipinski definition) is 2. The highest BCUT2D eigenvalue weighted by Gasteiger charge is 2.33. The maximum atomic E-state index is 13.3. The largest absolute Gasteiger partial charge is 0.490 e. The van der Waals surface area contributed by atoms with Crippen LogP contribution < -0.4 is 10.1 Å². The van der Waals surface area contributed by atoms with Crippen LogP contribution in [0.1, 0.15) is 52.0 Å². The summed E-state index contributed by atoms with van der Waals surface area (Å²) in [5.74, 6) is 0.698. The molecule has 1 aliphatic heterocycles. The summed E-state index contributed by atoms with van der Waals surface area (Å²) in [4.78, 5) is 0. The topological polar surface area (TPSA) is 21.3 Å². The van der Waals surface area contributed by atoms with E-state index in [1.807, 2.05) is 0 Å². The minimum atomic E-state index is -0.167. The molecule has 0 aliphatic carbocycles. The highest BCUT2D eigenvalue weighted by Crippen LogP contribution is 2.38. The molecule has 1 aromatic carbocycles. The van der Waals surface area contributed by atoms with Crippen molar-refractivity contribution in [3.63, 3.8) is 0 Å². The fraction of sp³-hybridized carbons (Fsp3) is 0.667. The molecule has 0 amide bonds. The predicted molar refractivity (Wildman–Crippen MR) is 85.3 cm³/mol. The van der Waals surface area contributed by atoms with Crippen molar-refractivity contribution < 1.29 is 9.13 Å². The van der Waals surface area contributed by atoms with E-state index < -0.39 is 0 Å². The number of benzene rings is 1. The summed E-state index contributed by atoms with van der Waals surface area (Å²) < 4.78 is 19.3. The highest BCUT2D eigenvalue weighted by atomic mass is 19.1. The van der Waals surface area contributed by atoms with Crippen LogP contribution in [0.25, 0.3) is 0 Å². The van der Waals surface area contributed by atoms with E-state index >= 15 is 0 Å². The standard InChI is InChI=1S/C18H28FNO/c1-4-9-20-13-18(5-2,6-3)12-16-11-14-10-15(19)7-8-17(14)21-16/h7-8,10,16,20H,4-6,9,11-13H2,1-3H3. The number of rotatable bonds is 8. The fourth-order valence-corrected chi connectivity index (χ4v) is 3.28. The number of hydrogen-bond donors (Lipinski definition) is 1. The number of halogens is 1. The van der Waals surface area contributed by atoms with Crippen molar-refractivity contribution in [1.82, 2.24) is 5.32 Å². The first kappa shape index (κ1) is 16.3. The normalized spacial score (nSPS) is 17.6. The lowest BCUT2D eigenvalue weighted by atomic mass is 9.76. The molecule has 2 rings (SSSR count). The van der Waals surface area contributed by atoms with Crippen LogP contribution >= 0.6 is 0 Å². The average molecular weight is 293 g/mol. The van der Waals surface area contributed by atoms with Crippen molar-refractivity contribution in [1.29, 1.82) is 0 Å². The molecule has 0 fully saturated rings. The Balaban J connectivity index is 1.99. The predicted octanol–water partition coefficient (Wildman–Crippen LogP) is 4.33. The minimum Gasteiger partial charge on any atom is -0.490 e. The van der Waals surface area contributed by atoms with Gasteiger partial charge >= 0.3 is 0 Å². The van der Waals surface area contributed by atoms with Crippen LogP contribution in [0.4, 0.5) is 4.39 Å². The van der Waals surface area contributed by atoms with Crippen LogP contribution in [-0.4, -0.2) is 19.2 Å². The molecule has 1 aromatic rings. The van der Waals surface area contributed by atoms with Gasteiger partial charge in [0.1, 0.15) is 17.7 Å². The van der Waals surface area contributed by atoms with Crippen molar-refractivity contribution in [2.24, 2.45) is 5.41 Å². The Morgan fingerprint density at radius 2 is 2.05 bits per heavy atom. The smallest absolute Gasteiger partial charge is 0.123 e. The summed E-state index contributed by atoms with van der Waals surface area (Å²) in [5, 5.41) is 3.57. The van der Waals surface area contributed by atoms with Crippen molar-refractivity contribution in [3.05, 3.63) is 29.6 Å². The van der Waals surface area contributed by atoms with Crippen LogP contribution in [0.2, 0.25) is 0 Å². The summed E-state index contributed by atoms with van der Waals surface area (Å²) in [7, 11) is 0. The molecule has 1 N–H and O–H groups in total.